The number of hydrogen-bond acceptors (Lipinski definition) is 20. The Kier molecular flexibility index (Phi) is 27.6. The second-order valence-corrected chi connectivity index (χ2v) is 13.7. The third-order valence-corrected chi connectivity index (χ3v) is 9.26. The molecule has 1 aromatic heterocycles. The van der Waals surface area contributed by atoms with Crippen LogP contribution in [-0.4, -0.2) is 65.0 Å². The van der Waals surface area contributed by atoms with Crippen molar-refractivity contribution in [3.8, 4) is 11.6 Å². The van der Waals surface area contributed by atoms with Crippen molar-refractivity contribution in [1.82, 2.24) is 9.78 Å². The first-order chi connectivity index (χ1) is 24.1. The van der Waals surface area contributed by atoms with Gasteiger partial charge in [0.1, 0.15) is 20.2 Å². The molecule has 1 aliphatic rings. The van der Waals surface area contributed by atoms with Crippen LogP contribution in [0.1, 0.15) is 29.9 Å². The fraction of sp³-hybridized carbons (Fsp3) is 0.111. The van der Waals surface area contributed by atoms with Crippen LogP contribution < -0.4 is 221 Å². The van der Waals surface area contributed by atoms with E-state index in [4.69, 9.17) is 4.74 Å². The zero-order valence-electron chi connectivity index (χ0n) is 29.6. The molecule has 28 heteroatoms. The van der Waals surface area contributed by atoms with Crippen molar-refractivity contribution in [2.45, 2.75) is 33.4 Å². The summed E-state index contributed by atoms with van der Waals surface area (Å²) in [5, 5.41) is 46.7. The van der Waals surface area contributed by atoms with Crippen molar-refractivity contribution in [3.05, 3.63) is 77.5 Å². The van der Waals surface area contributed by atoms with E-state index in [0.717, 1.165) is 36.4 Å². The molecule has 0 bridgehead atoms. The smallest absolute Gasteiger partial charge is 0.744 e. The summed E-state index contributed by atoms with van der Waals surface area (Å²) >= 11 is 0.721. The fourth-order valence-corrected chi connectivity index (χ4v) is 6.34. The van der Waals surface area contributed by atoms with Crippen LogP contribution in [0.3, 0.4) is 0 Å². The van der Waals surface area contributed by atoms with Gasteiger partial charge in [-0.1, -0.05) is 18.2 Å². The second-order valence-electron chi connectivity index (χ2n) is 9.45. The van der Waals surface area contributed by atoms with Crippen molar-refractivity contribution in [2.24, 2.45) is 5.10 Å². The maximum atomic E-state index is 13.2. The Hall–Kier alpha value is 2.11. The number of amides is 1. The monoisotopic (exact) mass is 940 g/mol. The molecule has 0 saturated carbocycles. The van der Waals surface area contributed by atoms with E-state index in [9.17, 15) is 51.2 Å². The Morgan fingerprint density at radius 3 is 1.91 bits per heavy atom. The number of nitrogens with zero attached hydrogens (tertiary/aromatic N) is 4. The van der Waals surface area contributed by atoms with Gasteiger partial charge in [0.25, 0.3) is 5.91 Å². The van der Waals surface area contributed by atoms with Gasteiger partial charge in [-0.15, -0.1) is 0 Å². The number of aromatic hydroxyl groups is 1. The maximum absolute atomic E-state index is 13.2. The quantitative estimate of drug-likeness (QED) is 0.0216. The molecule has 1 aliphatic heterocycles. The molecule has 0 aliphatic carbocycles. The van der Waals surface area contributed by atoms with E-state index in [-0.39, 0.29) is 239 Å². The molecule has 20 nitrogen and oxygen atoms in total. The number of esters is 1. The molecule has 55 heavy (non-hydrogen) atoms. The number of ether oxygens (including phenoxy) is 1. The van der Waals surface area contributed by atoms with Crippen molar-refractivity contribution < 1.29 is 280 Å². The third-order valence-electron chi connectivity index (χ3n) is 6.35. The number of carbonyl (C=O) groups is 2. The van der Waals surface area contributed by atoms with E-state index in [1.807, 2.05) is 0 Å². The van der Waals surface area contributed by atoms with Crippen molar-refractivity contribution >= 4 is 73.7 Å². The molecule has 4 rings (SSSR count). The van der Waals surface area contributed by atoms with Crippen LogP contribution in [0.4, 0.5) is 5.69 Å². The van der Waals surface area contributed by atoms with Gasteiger partial charge < -0.3 is 29.5 Å². The molecule has 1 amide bonds. The topological polar surface area (TPSA) is 294 Å². The summed E-state index contributed by atoms with van der Waals surface area (Å²) in [5.41, 5.74) is -1.65. The first-order valence-corrected chi connectivity index (χ1v) is 17.8. The first-order valence-electron chi connectivity index (χ1n) is 13.5. The van der Waals surface area contributed by atoms with Crippen molar-refractivity contribution in [3.63, 3.8) is 0 Å². The van der Waals surface area contributed by atoms with Crippen molar-refractivity contribution in [1.29, 1.82) is 0 Å². The number of hydrogen-bond donors (Lipinski definition) is 1. The molecule has 272 valence electrons. The molecular weight excluding hydrogens is 921 g/mol. The van der Waals surface area contributed by atoms with Crippen LogP contribution in [-0.2, 0) is 48.5 Å². The molecule has 0 saturated heterocycles. The van der Waals surface area contributed by atoms with E-state index in [2.05, 4.69) is 28.9 Å². The molecule has 2 aromatic carbocycles. The number of aromatic nitrogens is 2. The maximum Gasteiger partial charge on any atom is 1.00 e. The number of allylic oxidation sites excluding steroid dienone is 4. The molecule has 3 aromatic rings. The van der Waals surface area contributed by atoms with Gasteiger partial charge in [-0.25, -0.2) is 21.6 Å². The van der Waals surface area contributed by atoms with Crippen molar-refractivity contribution in [2.75, 3.05) is 11.6 Å². The van der Waals surface area contributed by atoms with Gasteiger partial charge in [-0.05, 0) is 62.4 Å². The van der Waals surface area contributed by atoms with Gasteiger partial charge >= 0.3 is 212 Å². The van der Waals surface area contributed by atoms with Crippen LogP contribution >= 0.6 is 24.1 Å². The molecule has 0 fully saturated rings. The summed E-state index contributed by atoms with van der Waals surface area (Å²) in [5.74, 6) is -2.68. The summed E-state index contributed by atoms with van der Waals surface area (Å²) in [6, 6.07) is 6.08. The summed E-state index contributed by atoms with van der Waals surface area (Å²) in [6.07, 6.45) is 6.39. The minimum Gasteiger partial charge on any atom is -0.744 e. The Balaban J connectivity index is 0.00000729. The summed E-state index contributed by atoms with van der Waals surface area (Å²) in [6.45, 7) is 2.81. The minimum atomic E-state index is -5.17. The Bertz CT molecular complexity index is 2200. The number of anilines is 1. The van der Waals surface area contributed by atoms with Gasteiger partial charge in [-0.3, -0.25) is 14.9 Å². The average Bonchev–Trinajstić information content (AvgIpc) is 3.55. The normalized spacial score (nSPS) is 13.6. The third kappa shape index (κ3) is 15.4. The molecular formula is C27H20K4N4O16S4. The Labute approximate surface area is 492 Å². The van der Waals surface area contributed by atoms with E-state index < -0.39 is 64.9 Å². The molecule has 0 spiro atoms. The standard InChI is InChI=1S/C27H24N4O16S4.4K/c1-3-43-27(34)24-19(26(33)31(29-24)21-14-17(49-47-45-36)10-12-23(21)51(40,41)42)8-6-4-5-7-18-15(2)28-30(25(18)32)20-13-16(48-46-44-35)9-11-22(20)50(37,38)39;;;;/h4-14,33,35-36H,3H2,1-2H3,(H,37,38,39)(H,40,41,42);;;;/q;4*+1/p-4/b5-4+,8-6+,18-7-;;;;. The molecule has 2 heterocycles. The first kappa shape index (κ1) is 57.1. The van der Waals surface area contributed by atoms with Gasteiger partial charge in [0.05, 0.1) is 68.7 Å². The van der Waals surface area contributed by atoms with E-state index in [1.54, 1.807) is 0 Å². The van der Waals surface area contributed by atoms with Crippen LogP contribution in [0.5, 0.6) is 5.88 Å². The van der Waals surface area contributed by atoms with Gasteiger partial charge in [-0.2, -0.15) is 28.6 Å². The Morgan fingerprint density at radius 1 is 0.873 bits per heavy atom. The zero-order chi connectivity index (χ0) is 37.5. The number of hydrazone groups is 1. The predicted octanol–water partition coefficient (Wildman–Crippen LogP) is -11.0. The summed E-state index contributed by atoms with van der Waals surface area (Å²) in [4.78, 5) is 24.5. The minimum absolute atomic E-state index is 0. The average molecular weight is 941 g/mol. The van der Waals surface area contributed by atoms with E-state index in [1.165, 1.54) is 44.2 Å². The summed E-state index contributed by atoms with van der Waals surface area (Å²) < 4.78 is 85.6. The predicted molar refractivity (Wildman–Crippen MR) is 166 cm³/mol. The summed E-state index contributed by atoms with van der Waals surface area (Å²) in [7, 11) is -10.3. The molecule has 0 unspecified atom stereocenters. The van der Waals surface area contributed by atoms with E-state index in [0.29, 0.717) is 33.8 Å². The molecule has 0 radical (unpaired) electrons. The van der Waals surface area contributed by atoms with Crippen LogP contribution in [0, 0.1) is 0 Å². The Morgan fingerprint density at radius 2 is 1.40 bits per heavy atom. The number of rotatable bonds is 15. The SMILES string of the molecule is CCOC(=O)c1nn(-c2cc(SOO[O-])ccc2S(=O)(=O)[O-])c(O)c1/C=C/C=C/C=C1\C(=O)N(c2cc(SOO[O-])ccc2S(=O)(=O)[O-])N=C1C.[K+].[K+].[K+].[K+]. The van der Waals surface area contributed by atoms with Crippen LogP contribution in [0.2, 0.25) is 0 Å². The van der Waals surface area contributed by atoms with Gasteiger partial charge in [0.2, 0.25) is 5.88 Å². The number of benzene rings is 2. The largest absolute Gasteiger partial charge is 1.00 e. The van der Waals surface area contributed by atoms with Gasteiger partial charge in [0.15, 0.2) is 5.69 Å². The van der Waals surface area contributed by atoms with Crippen LogP contribution in [0.15, 0.2) is 91.0 Å². The van der Waals surface area contributed by atoms with Gasteiger partial charge in [0, 0.05) is 9.79 Å². The molecule has 1 N–H and O–H groups in total. The fourth-order valence-electron chi connectivity index (χ4n) is 4.29. The van der Waals surface area contributed by atoms with Crippen LogP contribution in [0.25, 0.3) is 11.8 Å². The zero-order valence-corrected chi connectivity index (χ0v) is 45.3. The number of carbonyl (C=O) groups excluding carboxylic acids is 2. The second kappa shape index (κ2) is 26.6. The molecule has 0 atom stereocenters. The van der Waals surface area contributed by atoms with E-state index >= 15 is 0 Å².